The van der Waals surface area contributed by atoms with Crippen LogP contribution in [0.2, 0.25) is 0 Å². The Balaban J connectivity index is 1.14. The van der Waals surface area contributed by atoms with Crippen molar-refractivity contribution in [2.45, 2.75) is 50.5 Å². The normalized spacial score (nSPS) is 18.0. The summed E-state index contributed by atoms with van der Waals surface area (Å²) in [5, 5.41) is 7.49. The van der Waals surface area contributed by atoms with E-state index in [1.54, 1.807) is 0 Å². The van der Waals surface area contributed by atoms with Crippen LogP contribution in [0.5, 0.6) is 5.75 Å². The van der Waals surface area contributed by atoms with Gasteiger partial charge in [0.15, 0.2) is 11.9 Å². The molecular formula is C25H28N4O2. The Bertz CT molecular complexity index is 1020. The van der Waals surface area contributed by atoms with Gasteiger partial charge in [-0.25, -0.2) is 4.98 Å². The molecule has 3 aromatic rings. The number of nitrogens with zero attached hydrogens (tertiary/aromatic N) is 3. The van der Waals surface area contributed by atoms with E-state index in [9.17, 15) is 4.79 Å². The van der Waals surface area contributed by atoms with Gasteiger partial charge in [0.25, 0.3) is 5.91 Å². The number of carbonyl (C=O) groups excluding carboxylic acids is 1. The van der Waals surface area contributed by atoms with Crippen LogP contribution < -0.4 is 4.74 Å². The molecule has 0 bridgehead atoms. The number of aromatic amines is 1. The largest absolute Gasteiger partial charge is 0.481 e. The lowest BCUT2D eigenvalue weighted by Gasteiger charge is -2.32. The van der Waals surface area contributed by atoms with Crippen LogP contribution in [0.15, 0.2) is 54.6 Å². The van der Waals surface area contributed by atoms with E-state index >= 15 is 0 Å². The number of piperidine rings is 1. The summed E-state index contributed by atoms with van der Waals surface area (Å²) in [5.41, 5.74) is 2.29. The van der Waals surface area contributed by atoms with Gasteiger partial charge in [-0.3, -0.25) is 9.89 Å². The summed E-state index contributed by atoms with van der Waals surface area (Å²) < 4.78 is 5.95. The van der Waals surface area contributed by atoms with Gasteiger partial charge < -0.3 is 9.64 Å². The third kappa shape index (κ3) is 4.48. The molecule has 1 aromatic heterocycles. The Morgan fingerprint density at radius 2 is 1.65 bits per heavy atom. The summed E-state index contributed by atoms with van der Waals surface area (Å²) in [6, 6.07) is 18.1. The number of hydrogen-bond donors (Lipinski definition) is 1. The molecule has 1 atom stereocenters. The Morgan fingerprint density at radius 1 is 0.968 bits per heavy atom. The van der Waals surface area contributed by atoms with Crippen LogP contribution in [-0.4, -0.2) is 45.2 Å². The molecule has 160 valence electrons. The Morgan fingerprint density at radius 3 is 2.32 bits per heavy atom. The zero-order chi connectivity index (χ0) is 21.2. The van der Waals surface area contributed by atoms with Gasteiger partial charge in [-0.2, -0.15) is 5.10 Å². The molecule has 1 unspecified atom stereocenters. The average molecular weight is 417 g/mol. The molecule has 1 amide bonds. The van der Waals surface area contributed by atoms with Crippen molar-refractivity contribution in [3.8, 4) is 16.9 Å². The Kier molecular flexibility index (Phi) is 5.45. The number of carbonyl (C=O) groups is 1. The summed E-state index contributed by atoms with van der Waals surface area (Å²) in [6.07, 6.45) is 3.72. The molecule has 0 spiro atoms. The molecule has 0 radical (unpaired) electrons. The van der Waals surface area contributed by atoms with Gasteiger partial charge in [0, 0.05) is 24.9 Å². The minimum absolute atomic E-state index is 0.0434. The zero-order valence-corrected chi connectivity index (χ0v) is 17.8. The lowest BCUT2D eigenvalue weighted by atomic mass is 9.96. The fraction of sp³-hybridized carbons (Fsp3) is 0.400. The molecular weight excluding hydrogens is 388 g/mol. The highest BCUT2D eigenvalue weighted by Crippen LogP contribution is 2.38. The summed E-state index contributed by atoms with van der Waals surface area (Å²) in [4.78, 5) is 19.5. The number of nitrogens with one attached hydrogen (secondary N) is 1. The highest BCUT2D eigenvalue weighted by molar-refractivity contribution is 5.81. The van der Waals surface area contributed by atoms with Gasteiger partial charge in [0.05, 0.1) is 0 Å². The number of aromatic nitrogens is 3. The highest BCUT2D eigenvalue weighted by atomic mass is 16.5. The van der Waals surface area contributed by atoms with E-state index in [1.165, 1.54) is 12.8 Å². The minimum Gasteiger partial charge on any atom is -0.481 e. The molecule has 5 rings (SSSR count). The van der Waals surface area contributed by atoms with Crippen molar-refractivity contribution in [3.63, 3.8) is 0 Å². The second-order valence-corrected chi connectivity index (χ2v) is 8.60. The number of amides is 1. The standard InChI is InChI=1S/C25H28N4O2/c1-17(31-22-11-9-19(10-12-22)18-5-3-2-4-6-18)25(30)29-15-13-21(14-16-29)24-26-23(27-28-24)20-7-8-20/h2-6,9-12,17,20-21H,7-8,13-16H2,1H3,(H,26,27,28). The number of ether oxygens (including phenoxy) is 1. The molecule has 31 heavy (non-hydrogen) atoms. The van der Waals surface area contributed by atoms with E-state index in [4.69, 9.17) is 9.72 Å². The van der Waals surface area contributed by atoms with Crippen LogP contribution in [0.4, 0.5) is 0 Å². The molecule has 2 aromatic carbocycles. The second-order valence-electron chi connectivity index (χ2n) is 8.60. The van der Waals surface area contributed by atoms with Crippen LogP contribution in [-0.2, 0) is 4.79 Å². The number of H-pyrrole nitrogens is 1. The molecule has 1 N–H and O–H groups in total. The molecule has 2 aliphatic rings. The van der Waals surface area contributed by atoms with E-state index in [-0.39, 0.29) is 5.91 Å². The number of hydrogen-bond acceptors (Lipinski definition) is 4. The maximum Gasteiger partial charge on any atom is 0.263 e. The fourth-order valence-electron chi connectivity index (χ4n) is 4.24. The summed E-state index contributed by atoms with van der Waals surface area (Å²) in [5.74, 6) is 3.62. The SMILES string of the molecule is CC(Oc1ccc(-c2ccccc2)cc1)C(=O)N1CCC(c2nc(C3CC3)n[nH]2)CC1. The van der Waals surface area contributed by atoms with Gasteiger partial charge in [0.1, 0.15) is 11.6 Å². The van der Waals surface area contributed by atoms with Crippen molar-refractivity contribution >= 4 is 5.91 Å². The van der Waals surface area contributed by atoms with Crippen LogP contribution in [0, 0.1) is 0 Å². The van der Waals surface area contributed by atoms with Gasteiger partial charge in [-0.05, 0) is 55.9 Å². The molecule has 1 saturated heterocycles. The zero-order valence-electron chi connectivity index (χ0n) is 17.8. The van der Waals surface area contributed by atoms with E-state index in [1.807, 2.05) is 54.3 Å². The van der Waals surface area contributed by atoms with E-state index in [0.29, 0.717) is 17.6 Å². The van der Waals surface area contributed by atoms with E-state index in [2.05, 4.69) is 22.3 Å². The molecule has 2 heterocycles. The Labute approximate surface area is 182 Å². The first-order chi connectivity index (χ1) is 15.2. The highest BCUT2D eigenvalue weighted by Gasteiger charge is 2.31. The van der Waals surface area contributed by atoms with Gasteiger partial charge in [-0.15, -0.1) is 0 Å². The van der Waals surface area contributed by atoms with Crippen LogP contribution >= 0.6 is 0 Å². The van der Waals surface area contributed by atoms with Gasteiger partial charge >= 0.3 is 0 Å². The maximum absolute atomic E-state index is 12.9. The van der Waals surface area contributed by atoms with Crippen molar-refractivity contribution in [3.05, 3.63) is 66.2 Å². The monoisotopic (exact) mass is 416 g/mol. The van der Waals surface area contributed by atoms with Crippen molar-refractivity contribution in [1.82, 2.24) is 20.1 Å². The molecule has 1 aliphatic heterocycles. The van der Waals surface area contributed by atoms with Gasteiger partial charge in [-0.1, -0.05) is 42.5 Å². The quantitative estimate of drug-likeness (QED) is 0.641. The third-order valence-electron chi connectivity index (χ3n) is 6.28. The van der Waals surface area contributed by atoms with Crippen LogP contribution in [0.3, 0.4) is 0 Å². The van der Waals surface area contributed by atoms with Crippen molar-refractivity contribution in [2.24, 2.45) is 0 Å². The molecule has 2 fully saturated rings. The molecule has 1 aliphatic carbocycles. The maximum atomic E-state index is 12.9. The third-order valence-corrected chi connectivity index (χ3v) is 6.28. The average Bonchev–Trinajstić information content (AvgIpc) is 3.56. The first-order valence-electron chi connectivity index (χ1n) is 11.2. The van der Waals surface area contributed by atoms with Gasteiger partial charge in [0.2, 0.25) is 0 Å². The van der Waals surface area contributed by atoms with Crippen LogP contribution in [0.1, 0.15) is 56.1 Å². The van der Waals surface area contributed by atoms with E-state index in [0.717, 1.165) is 48.7 Å². The van der Waals surface area contributed by atoms with E-state index < -0.39 is 6.10 Å². The van der Waals surface area contributed by atoms with Crippen molar-refractivity contribution in [2.75, 3.05) is 13.1 Å². The number of benzene rings is 2. The lowest BCUT2D eigenvalue weighted by molar-refractivity contribution is -0.139. The summed E-state index contributed by atoms with van der Waals surface area (Å²) in [7, 11) is 0. The number of rotatable bonds is 6. The summed E-state index contributed by atoms with van der Waals surface area (Å²) >= 11 is 0. The molecule has 1 saturated carbocycles. The molecule has 6 nitrogen and oxygen atoms in total. The first-order valence-corrected chi connectivity index (χ1v) is 11.2. The smallest absolute Gasteiger partial charge is 0.263 e. The fourth-order valence-corrected chi connectivity index (χ4v) is 4.24. The second kappa shape index (κ2) is 8.53. The predicted molar refractivity (Wildman–Crippen MR) is 119 cm³/mol. The van der Waals surface area contributed by atoms with Crippen molar-refractivity contribution < 1.29 is 9.53 Å². The lowest BCUT2D eigenvalue weighted by Crippen LogP contribution is -2.44. The predicted octanol–water partition coefficient (Wildman–Crippen LogP) is 4.52. The molecule has 6 heteroatoms. The summed E-state index contributed by atoms with van der Waals surface area (Å²) in [6.45, 7) is 3.28. The minimum atomic E-state index is -0.508. The first kappa shape index (κ1) is 19.8. The van der Waals surface area contributed by atoms with Crippen molar-refractivity contribution in [1.29, 1.82) is 0 Å². The van der Waals surface area contributed by atoms with Crippen LogP contribution in [0.25, 0.3) is 11.1 Å². The Hall–Kier alpha value is -3.15. The topological polar surface area (TPSA) is 71.1 Å². The number of likely N-dealkylation sites (tertiary alicyclic amines) is 1.